The number of carbonyl (C=O) groups excluding carboxylic acids is 2. The third-order valence-electron chi connectivity index (χ3n) is 7.82. The molecule has 1 N–H and O–H groups in total. The molecule has 9 heteroatoms. The lowest BCUT2D eigenvalue weighted by molar-refractivity contribution is -0.140. The monoisotopic (exact) mass is 609 g/mol. The third-order valence-corrected chi connectivity index (χ3v) is 9.37. The van der Waals surface area contributed by atoms with Gasteiger partial charge in [-0.2, -0.15) is 0 Å². The molecule has 0 spiro atoms. The van der Waals surface area contributed by atoms with Gasteiger partial charge in [0.1, 0.15) is 12.6 Å². The number of halogens is 1. The number of hydrogen-bond acceptors (Lipinski definition) is 4. The largest absolute Gasteiger partial charge is 0.352 e. The fourth-order valence-corrected chi connectivity index (χ4v) is 6.36. The second-order valence-electron chi connectivity index (χ2n) is 11.3. The molecule has 42 heavy (non-hydrogen) atoms. The molecule has 0 unspecified atom stereocenters. The van der Waals surface area contributed by atoms with Gasteiger partial charge in [-0.3, -0.25) is 13.9 Å². The number of nitrogens with one attached hydrogen (secondary N) is 1. The van der Waals surface area contributed by atoms with Crippen LogP contribution in [0.5, 0.6) is 0 Å². The Hall–Kier alpha value is -3.36. The summed E-state index contributed by atoms with van der Waals surface area (Å²) in [5.41, 5.74) is 3.92. The summed E-state index contributed by atoms with van der Waals surface area (Å²) in [6.45, 7) is 3.50. The molecule has 1 aliphatic carbocycles. The van der Waals surface area contributed by atoms with Crippen LogP contribution in [0.3, 0.4) is 0 Å². The molecular weight excluding hydrogens is 570 g/mol. The molecule has 7 nitrogen and oxygen atoms in total. The van der Waals surface area contributed by atoms with Crippen LogP contribution in [-0.2, 0) is 32.6 Å². The van der Waals surface area contributed by atoms with E-state index in [-0.39, 0.29) is 18.5 Å². The molecule has 0 heterocycles. The first-order valence-electron chi connectivity index (χ1n) is 14.4. The Morgan fingerprint density at radius 2 is 1.60 bits per heavy atom. The molecule has 0 aliphatic heterocycles. The van der Waals surface area contributed by atoms with Crippen LogP contribution in [0.15, 0.2) is 72.8 Å². The van der Waals surface area contributed by atoms with E-state index in [2.05, 4.69) is 5.32 Å². The number of carbonyl (C=O) groups is 2. The van der Waals surface area contributed by atoms with E-state index >= 15 is 0 Å². The van der Waals surface area contributed by atoms with Crippen molar-refractivity contribution < 1.29 is 18.0 Å². The lowest BCUT2D eigenvalue weighted by atomic mass is 9.94. The van der Waals surface area contributed by atoms with Crippen molar-refractivity contribution in [3.05, 3.63) is 100 Å². The van der Waals surface area contributed by atoms with Crippen LogP contribution in [-0.4, -0.2) is 50.0 Å². The molecule has 3 aromatic carbocycles. The molecule has 4 rings (SSSR count). The molecular formula is C33H40ClN3O4S. The maximum Gasteiger partial charge on any atom is 0.244 e. The van der Waals surface area contributed by atoms with Crippen LogP contribution >= 0.6 is 11.6 Å². The summed E-state index contributed by atoms with van der Waals surface area (Å²) >= 11 is 6.33. The third kappa shape index (κ3) is 8.58. The Morgan fingerprint density at radius 3 is 2.21 bits per heavy atom. The van der Waals surface area contributed by atoms with Crippen molar-refractivity contribution in [2.75, 3.05) is 17.1 Å². The van der Waals surface area contributed by atoms with Gasteiger partial charge in [0.05, 0.1) is 11.9 Å². The molecule has 1 fully saturated rings. The average molecular weight is 610 g/mol. The zero-order valence-electron chi connectivity index (χ0n) is 24.6. The second-order valence-corrected chi connectivity index (χ2v) is 13.6. The van der Waals surface area contributed by atoms with E-state index in [9.17, 15) is 18.0 Å². The van der Waals surface area contributed by atoms with Gasteiger partial charge in [-0.1, -0.05) is 97.1 Å². The number of anilines is 1. The molecule has 1 saturated carbocycles. The van der Waals surface area contributed by atoms with E-state index in [0.717, 1.165) is 64.9 Å². The lowest BCUT2D eigenvalue weighted by Crippen LogP contribution is -2.55. The highest BCUT2D eigenvalue weighted by atomic mass is 35.5. The minimum absolute atomic E-state index is 0.0584. The highest BCUT2D eigenvalue weighted by Crippen LogP contribution is 2.26. The standard InChI is InChI=1S/C33H40ClN3O4S/c1-24-14-17-27(18-15-24)22-36(32(38)23-37(42(3,40)41)29-19-16-25(2)30(34)21-29)31(20-26-10-6-4-7-11-26)33(39)35-28-12-8-5-9-13-28/h4,6-7,10-11,14-19,21,28,31H,5,8-9,12-13,20,22-23H2,1-3H3,(H,35,39)/t31-/m1/s1. The number of aryl methyl sites for hydroxylation is 2. The maximum atomic E-state index is 14.2. The van der Waals surface area contributed by atoms with E-state index in [1.54, 1.807) is 18.2 Å². The summed E-state index contributed by atoms with van der Waals surface area (Å²) in [6, 6.07) is 21.5. The van der Waals surface area contributed by atoms with Crippen molar-refractivity contribution >= 4 is 39.1 Å². The Morgan fingerprint density at radius 1 is 0.929 bits per heavy atom. The second kappa shape index (κ2) is 14.2. The summed E-state index contributed by atoms with van der Waals surface area (Å²) in [5, 5.41) is 3.62. The Labute approximate surface area is 254 Å². The van der Waals surface area contributed by atoms with Crippen LogP contribution in [0, 0.1) is 13.8 Å². The normalized spacial score (nSPS) is 14.7. The van der Waals surface area contributed by atoms with Crippen molar-refractivity contribution in [2.24, 2.45) is 0 Å². The van der Waals surface area contributed by atoms with Gasteiger partial charge in [-0.15, -0.1) is 0 Å². The zero-order valence-corrected chi connectivity index (χ0v) is 26.1. The Bertz CT molecular complexity index is 1470. The SMILES string of the molecule is Cc1ccc(CN(C(=O)CN(c2ccc(C)c(Cl)c2)S(C)(=O)=O)[C@H](Cc2ccccc2)C(=O)NC2CCCCC2)cc1. The van der Waals surface area contributed by atoms with Gasteiger partial charge >= 0.3 is 0 Å². The summed E-state index contributed by atoms with van der Waals surface area (Å²) in [5.74, 6) is -0.701. The molecule has 224 valence electrons. The van der Waals surface area contributed by atoms with E-state index in [1.165, 1.54) is 4.90 Å². The van der Waals surface area contributed by atoms with E-state index in [4.69, 9.17) is 11.6 Å². The topological polar surface area (TPSA) is 86.8 Å². The predicted molar refractivity (Wildman–Crippen MR) is 169 cm³/mol. The lowest BCUT2D eigenvalue weighted by Gasteiger charge is -2.35. The summed E-state index contributed by atoms with van der Waals surface area (Å²) in [6.07, 6.45) is 6.45. The highest BCUT2D eigenvalue weighted by molar-refractivity contribution is 7.92. The molecule has 1 atom stereocenters. The molecule has 3 aromatic rings. The predicted octanol–water partition coefficient (Wildman–Crippen LogP) is 5.81. The summed E-state index contributed by atoms with van der Waals surface area (Å²) in [7, 11) is -3.86. The number of nitrogens with zero attached hydrogens (tertiary/aromatic N) is 2. The van der Waals surface area contributed by atoms with Crippen LogP contribution in [0.1, 0.15) is 54.4 Å². The number of hydrogen-bond donors (Lipinski definition) is 1. The van der Waals surface area contributed by atoms with Gasteiger partial charge in [0.15, 0.2) is 0 Å². The minimum Gasteiger partial charge on any atom is -0.352 e. The van der Waals surface area contributed by atoms with Crippen molar-refractivity contribution in [2.45, 2.75) is 71.0 Å². The minimum atomic E-state index is -3.86. The van der Waals surface area contributed by atoms with Gasteiger partial charge in [-0.05, 0) is 55.5 Å². The van der Waals surface area contributed by atoms with Crippen molar-refractivity contribution in [3.63, 3.8) is 0 Å². The van der Waals surface area contributed by atoms with Crippen LogP contribution in [0.4, 0.5) is 5.69 Å². The van der Waals surface area contributed by atoms with Crippen LogP contribution in [0.2, 0.25) is 5.02 Å². The van der Waals surface area contributed by atoms with Gasteiger partial charge < -0.3 is 10.2 Å². The van der Waals surface area contributed by atoms with Crippen molar-refractivity contribution in [3.8, 4) is 0 Å². The van der Waals surface area contributed by atoms with Crippen LogP contribution < -0.4 is 9.62 Å². The quantitative estimate of drug-likeness (QED) is 0.297. The van der Waals surface area contributed by atoms with E-state index < -0.39 is 28.5 Å². The molecule has 0 bridgehead atoms. The first-order chi connectivity index (χ1) is 20.0. The molecule has 0 radical (unpaired) electrons. The van der Waals surface area contributed by atoms with Gasteiger partial charge in [0, 0.05) is 24.0 Å². The van der Waals surface area contributed by atoms with Crippen molar-refractivity contribution in [1.82, 2.24) is 10.2 Å². The highest BCUT2D eigenvalue weighted by Gasteiger charge is 2.34. The smallest absolute Gasteiger partial charge is 0.244 e. The van der Waals surface area contributed by atoms with E-state index in [0.29, 0.717) is 17.1 Å². The average Bonchev–Trinajstić information content (AvgIpc) is 2.96. The van der Waals surface area contributed by atoms with Gasteiger partial charge in [0.2, 0.25) is 21.8 Å². The number of rotatable bonds is 11. The Kier molecular flexibility index (Phi) is 10.7. The first kappa shape index (κ1) is 31.6. The number of benzene rings is 3. The molecule has 0 saturated heterocycles. The van der Waals surface area contributed by atoms with Gasteiger partial charge in [-0.25, -0.2) is 8.42 Å². The van der Waals surface area contributed by atoms with Crippen LogP contribution in [0.25, 0.3) is 0 Å². The first-order valence-corrected chi connectivity index (χ1v) is 16.7. The number of amides is 2. The zero-order chi connectivity index (χ0) is 30.3. The molecule has 1 aliphatic rings. The molecule has 0 aromatic heterocycles. The van der Waals surface area contributed by atoms with E-state index in [1.807, 2.05) is 68.4 Å². The van der Waals surface area contributed by atoms with Crippen molar-refractivity contribution in [1.29, 1.82) is 0 Å². The summed E-state index contributed by atoms with van der Waals surface area (Å²) in [4.78, 5) is 29.8. The number of sulfonamides is 1. The fraction of sp³-hybridized carbons (Fsp3) is 0.394. The summed E-state index contributed by atoms with van der Waals surface area (Å²) < 4.78 is 27.0. The van der Waals surface area contributed by atoms with Gasteiger partial charge in [0.25, 0.3) is 0 Å². The molecule has 2 amide bonds. The fourth-order valence-electron chi connectivity index (χ4n) is 5.34. The Balaban J connectivity index is 1.72. The maximum absolute atomic E-state index is 14.2.